The molecule has 9 heteroatoms. The maximum atomic E-state index is 12.9. The molecule has 1 atom stereocenters. The van der Waals surface area contributed by atoms with Crippen LogP contribution in [0, 0.1) is 0 Å². The van der Waals surface area contributed by atoms with Crippen LogP contribution < -0.4 is 5.32 Å². The van der Waals surface area contributed by atoms with Crippen molar-refractivity contribution in [1.29, 1.82) is 0 Å². The van der Waals surface area contributed by atoms with Crippen LogP contribution in [0.4, 0.5) is 0 Å². The third kappa shape index (κ3) is 4.32. The number of likely N-dealkylation sites (tertiary alicyclic amines) is 1. The van der Waals surface area contributed by atoms with E-state index in [1.54, 1.807) is 23.1 Å². The van der Waals surface area contributed by atoms with Gasteiger partial charge in [-0.2, -0.15) is 0 Å². The molecule has 0 radical (unpaired) electrons. The SMILES string of the molecule is Cl.O=C(c1cc(-c2ccc(Cl)cc2)on1)N1CCCC(N2CCNCC2=O)C1. The average molecular weight is 425 g/mol. The molecule has 0 spiro atoms. The van der Waals surface area contributed by atoms with Gasteiger partial charge in [-0.15, -0.1) is 12.4 Å². The lowest BCUT2D eigenvalue weighted by atomic mass is 10.0. The van der Waals surface area contributed by atoms with Crippen molar-refractivity contribution in [2.75, 3.05) is 32.7 Å². The quantitative estimate of drug-likeness (QED) is 0.818. The van der Waals surface area contributed by atoms with E-state index in [9.17, 15) is 9.59 Å². The molecule has 2 saturated heterocycles. The molecule has 2 aliphatic heterocycles. The number of amides is 2. The van der Waals surface area contributed by atoms with E-state index >= 15 is 0 Å². The van der Waals surface area contributed by atoms with Crippen LogP contribution in [0.2, 0.25) is 5.02 Å². The van der Waals surface area contributed by atoms with Crippen molar-refractivity contribution in [3.8, 4) is 11.3 Å². The van der Waals surface area contributed by atoms with Crippen molar-refractivity contribution in [3.63, 3.8) is 0 Å². The molecule has 4 rings (SSSR count). The topological polar surface area (TPSA) is 78.7 Å². The van der Waals surface area contributed by atoms with E-state index in [1.807, 2.05) is 17.0 Å². The highest BCUT2D eigenvalue weighted by Crippen LogP contribution is 2.24. The Bertz CT molecular complexity index is 840. The lowest BCUT2D eigenvalue weighted by Gasteiger charge is -2.40. The summed E-state index contributed by atoms with van der Waals surface area (Å²) in [5.41, 5.74) is 1.10. The minimum absolute atomic E-state index is 0. The molecule has 1 aromatic heterocycles. The summed E-state index contributed by atoms with van der Waals surface area (Å²) in [5, 5.41) is 7.67. The maximum Gasteiger partial charge on any atom is 0.276 e. The largest absolute Gasteiger partial charge is 0.355 e. The standard InChI is InChI=1S/C19H21ClN4O3.ClH/c20-14-5-3-13(4-6-14)17-10-16(22-27-17)19(26)23-8-1-2-15(12-23)24-9-7-21-11-18(24)25;/h3-6,10,15,21H,1-2,7-9,11-12H2;1H. The van der Waals surface area contributed by atoms with Gasteiger partial charge in [-0.25, -0.2) is 0 Å². The summed E-state index contributed by atoms with van der Waals surface area (Å²) in [6, 6.07) is 8.90. The Labute approximate surface area is 174 Å². The Balaban J connectivity index is 0.00000225. The third-order valence-electron chi connectivity index (χ3n) is 5.11. The first-order valence-electron chi connectivity index (χ1n) is 9.14. The smallest absolute Gasteiger partial charge is 0.276 e. The third-order valence-corrected chi connectivity index (χ3v) is 5.36. The molecule has 2 amide bonds. The van der Waals surface area contributed by atoms with Gasteiger partial charge in [0, 0.05) is 48.9 Å². The van der Waals surface area contributed by atoms with Gasteiger partial charge in [0.15, 0.2) is 11.5 Å². The first-order chi connectivity index (χ1) is 13.1. The number of carbonyl (C=O) groups is 2. The fourth-order valence-electron chi connectivity index (χ4n) is 3.69. The number of nitrogens with zero attached hydrogens (tertiary/aromatic N) is 3. The van der Waals surface area contributed by atoms with Crippen LogP contribution in [0.1, 0.15) is 23.3 Å². The van der Waals surface area contributed by atoms with Crippen molar-refractivity contribution in [3.05, 3.63) is 41.0 Å². The Morgan fingerprint density at radius 3 is 2.79 bits per heavy atom. The van der Waals surface area contributed by atoms with Gasteiger partial charge in [0.05, 0.1) is 6.54 Å². The van der Waals surface area contributed by atoms with Gasteiger partial charge in [0.1, 0.15) is 0 Å². The molecule has 2 fully saturated rings. The Morgan fingerprint density at radius 1 is 1.25 bits per heavy atom. The minimum Gasteiger partial charge on any atom is -0.355 e. The molecule has 1 N–H and O–H groups in total. The highest BCUT2D eigenvalue weighted by Gasteiger charge is 2.32. The summed E-state index contributed by atoms with van der Waals surface area (Å²) in [4.78, 5) is 28.7. The number of piperazine rings is 1. The van der Waals surface area contributed by atoms with Crippen molar-refractivity contribution in [1.82, 2.24) is 20.3 Å². The Hall–Kier alpha value is -2.09. The Kier molecular flexibility index (Phi) is 6.59. The number of benzene rings is 1. The maximum absolute atomic E-state index is 12.9. The normalized spacial score (nSPS) is 20.0. The number of hydrogen-bond acceptors (Lipinski definition) is 5. The predicted molar refractivity (Wildman–Crippen MR) is 108 cm³/mol. The monoisotopic (exact) mass is 424 g/mol. The van der Waals surface area contributed by atoms with E-state index in [0.29, 0.717) is 37.0 Å². The molecule has 3 heterocycles. The zero-order chi connectivity index (χ0) is 18.8. The van der Waals surface area contributed by atoms with Crippen molar-refractivity contribution in [2.45, 2.75) is 18.9 Å². The summed E-state index contributed by atoms with van der Waals surface area (Å²) in [7, 11) is 0. The van der Waals surface area contributed by atoms with Gasteiger partial charge in [0.25, 0.3) is 5.91 Å². The molecular formula is C19H22Cl2N4O3. The van der Waals surface area contributed by atoms with Crippen LogP contribution in [0.5, 0.6) is 0 Å². The zero-order valence-electron chi connectivity index (χ0n) is 15.3. The van der Waals surface area contributed by atoms with E-state index in [1.165, 1.54) is 0 Å². The number of piperidine rings is 1. The number of hydrogen-bond donors (Lipinski definition) is 1. The molecule has 0 aliphatic carbocycles. The van der Waals surface area contributed by atoms with E-state index in [0.717, 1.165) is 24.9 Å². The summed E-state index contributed by atoms with van der Waals surface area (Å²) in [5.74, 6) is 0.471. The van der Waals surface area contributed by atoms with E-state index < -0.39 is 0 Å². The van der Waals surface area contributed by atoms with Gasteiger partial charge in [-0.1, -0.05) is 16.8 Å². The number of nitrogens with one attached hydrogen (secondary N) is 1. The summed E-state index contributed by atoms with van der Waals surface area (Å²) in [6.45, 7) is 3.06. The summed E-state index contributed by atoms with van der Waals surface area (Å²) in [6.07, 6.45) is 1.79. The van der Waals surface area contributed by atoms with Crippen molar-refractivity contribution in [2.24, 2.45) is 0 Å². The Morgan fingerprint density at radius 2 is 2.04 bits per heavy atom. The van der Waals surface area contributed by atoms with Crippen LogP contribution in [0.15, 0.2) is 34.9 Å². The second-order valence-corrected chi connectivity index (χ2v) is 7.33. The van der Waals surface area contributed by atoms with E-state index in [2.05, 4.69) is 10.5 Å². The lowest BCUT2D eigenvalue weighted by molar-refractivity contribution is -0.135. The highest BCUT2D eigenvalue weighted by atomic mass is 35.5. The molecule has 2 aromatic rings. The van der Waals surface area contributed by atoms with Crippen molar-refractivity contribution >= 4 is 35.8 Å². The molecule has 0 bridgehead atoms. The molecule has 7 nitrogen and oxygen atoms in total. The summed E-state index contributed by atoms with van der Waals surface area (Å²) >= 11 is 5.91. The molecule has 0 saturated carbocycles. The van der Waals surface area contributed by atoms with Gasteiger partial charge < -0.3 is 19.6 Å². The lowest BCUT2D eigenvalue weighted by Crippen LogP contribution is -2.57. The van der Waals surface area contributed by atoms with Gasteiger partial charge in [-0.05, 0) is 37.1 Å². The van der Waals surface area contributed by atoms with Crippen LogP contribution in [-0.4, -0.2) is 65.5 Å². The minimum atomic E-state index is -0.161. The number of halogens is 2. The first kappa shape index (κ1) is 20.6. The van der Waals surface area contributed by atoms with Crippen molar-refractivity contribution < 1.29 is 14.1 Å². The molecular weight excluding hydrogens is 403 g/mol. The van der Waals surface area contributed by atoms with E-state index in [-0.39, 0.29) is 36.0 Å². The molecule has 2 aliphatic rings. The molecule has 1 aromatic carbocycles. The average Bonchev–Trinajstić information content (AvgIpc) is 3.18. The molecule has 150 valence electrons. The number of carbonyl (C=O) groups excluding carboxylic acids is 2. The van der Waals surface area contributed by atoms with Crippen LogP contribution in [-0.2, 0) is 4.79 Å². The van der Waals surface area contributed by atoms with Crippen LogP contribution >= 0.6 is 24.0 Å². The van der Waals surface area contributed by atoms with Gasteiger partial charge in [-0.3, -0.25) is 9.59 Å². The fraction of sp³-hybridized carbons (Fsp3) is 0.421. The molecule has 28 heavy (non-hydrogen) atoms. The zero-order valence-corrected chi connectivity index (χ0v) is 16.8. The summed E-state index contributed by atoms with van der Waals surface area (Å²) < 4.78 is 5.35. The second kappa shape index (κ2) is 8.94. The number of aromatic nitrogens is 1. The van der Waals surface area contributed by atoms with Crippen LogP contribution in [0.25, 0.3) is 11.3 Å². The van der Waals surface area contributed by atoms with E-state index in [4.69, 9.17) is 16.1 Å². The van der Waals surface area contributed by atoms with Crippen LogP contribution in [0.3, 0.4) is 0 Å². The number of rotatable bonds is 3. The predicted octanol–water partition coefficient (Wildman–Crippen LogP) is 2.45. The fourth-order valence-corrected chi connectivity index (χ4v) is 3.82. The molecule has 1 unspecified atom stereocenters. The highest BCUT2D eigenvalue weighted by molar-refractivity contribution is 6.30. The van der Waals surface area contributed by atoms with Gasteiger partial charge >= 0.3 is 0 Å². The van der Waals surface area contributed by atoms with Gasteiger partial charge in [0.2, 0.25) is 5.91 Å². The first-order valence-corrected chi connectivity index (χ1v) is 9.52. The second-order valence-electron chi connectivity index (χ2n) is 6.89.